The maximum atomic E-state index is 13.4. The minimum absolute atomic E-state index is 0.0179. The fourth-order valence-electron chi connectivity index (χ4n) is 5.78. The fourth-order valence-corrected chi connectivity index (χ4v) is 7.68. The van der Waals surface area contributed by atoms with Crippen LogP contribution >= 0.6 is 11.8 Å². The number of carbonyl (C=O) groups is 2. The number of anilines is 2. The molecule has 0 fully saturated rings. The molecule has 0 aliphatic heterocycles. The molecule has 5 aromatic carbocycles. The summed E-state index contributed by atoms with van der Waals surface area (Å²) in [4.78, 5) is 25.0. The first-order valence-electron chi connectivity index (χ1n) is 17.7. The molecule has 1 unspecified atom stereocenters. The van der Waals surface area contributed by atoms with Gasteiger partial charge in [-0.3, -0.25) is 4.79 Å². The van der Waals surface area contributed by atoms with Crippen molar-refractivity contribution in [2.24, 2.45) is 0 Å². The Bertz CT molecular complexity index is 2030. The summed E-state index contributed by atoms with van der Waals surface area (Å²) in [5.74, 6) is -0.000478. The number of thioether (sulfide) groups is 1. The summed E-state index contributed by atoms with van der Waals surface area (Å²) in [5.41, 5.74) is 5.83. The van der Waals surface area contributed by atoms with E-state index in [0.29, 0.717) is 24.3 Å². The smallest absolute Gasteiger partial charge is 0.264 e. The Balaban J connectivity index is 1.15. The normalized spacial score (nSPS) is 12.4. The molecular weight excluding hydrogens is 705 g/mol. The van der Waals surface area contributed by atoms with Crippen LogP contribution < -0.4 is 20.7 Å². The molecule has 0 aliphatic rings. The Labute approximate surface area is 316 Å². The number of nitrogens with one attached hydrogen (secondary N) is 4. The highest BCUT2D eigenvalue weighted by atomic mass is 32.2. The predicted octanol–water partition coefficient (Wildman–Crippen LogP) is 7.15. The Morgan fingerprint density at radius 1 is 0.830 bits per heavy atom. The van der Waals surface area contributed by atoms with Crippen LogP contribution in [-0.4, -0.2) is 56.7 Å². The molecular formula is C42H46N4O5S2. The summed E-state index contributed by atoms with van der Waals surface area (Å²) in [6, 6.07) is 39.9. The van der Waals surface area contributed by atoms with Crippen LogP contribution in [0.25, 0.3) is 11.1 Å². The Hall–Kier alpha value is -4.94. The van der Waals surface area contributed by atoms with Crippen LogP contribution in [0, 0.1) is 0 Å². The second kappa shape index (κ2) is 19.8. The summed E-state index contributed by atoms with van der Waals surface area (Å²) in [6.07, 6.45) is 0.479. The minimum Gasteiger partial charge on any atom is -0.393 e. The molecule has 9 nitrogen and oxygen atoms in total. The number of carbonyl (C=O) groups excluding carboxylic acids is 2. The van der Waals surface area contributed by atoms with Crippen LogP contribution in [0.15, 0.2) is 137 Å². The summed E-state index contributed by atoms with van der Waals surface area (Å²) >= 11 is 1.70. The third kappa shape index (κ3) is 12.0. The monoisotopic (exact) mass is 750 g/mol. The van der Waals surface area contributed by atoms with Gasteiger partial charge in [0, 0.05) is 66.1 Å². The predicted molar refractivity (Wildman–Crippen MR) is 215 cm³/mol. The van der Waals surface area contributed by atoms with Crippen LogP contribution in [0.2, 0.25) is 0 Å². The first-order valence-corrected chi connectivity index (χ1v) is 20.1. The Morgan fingerprint density at radius 2 is 1.53 bits per heavy atom. The number of amides is 1. The molecule has 0 bridgehead atoms. The van der Waals surface area contributed by atoms with Crippen LogP contribution in [0.1, 0.15) is 41.3 Å². The van der Waals surface area contributed by atoms with Gasteiger partial charge in [0.25, 0.3) is 15.9 Å². The van der Waals surface area contributed by atoms with Gasteiger partial charge in [0.05, 0.1) is 11.0 Å². The van der Waals surface area contributed by atoms with E-state index in [2.05, 4.69) is 44.9 Å². The summed E-state index contributed by atoms with van der Waals surface area (Å²) in [5, 5.41) is 20.9. The van der Waals surface area contributed by atoms with Crippen molar-refractivity contribution in [3.63, 3.8) is 0 Å². The van der Waals surface area contributed by atoms with Crippen molar-refractivity contribution in [2.45, 2.75) is 54.7 Å². The van der Waals surface area contributed by atoms with Gasteiger partial charge in [-0.25, -0.2) is 13.1 Å². The van der Waals surface area contributed by atoms with E-state index < -0.39 is 22.0 Å². The van der Waals surface area contributed by atoms with Crippen molar-refractivity contribution in [2.75, 3.05) is 29.5 Å². The number of aliphatic hydroxyl groups excluding tert-OH is 1. The lowest BCUT2D eigenvalue weighted by Gasteiger charge is -2.20. The van der Waals surface area contributed by atoms with Gasteiger partial charge < -0.3 is 25.9 Å². The van der Waals surface area contributed by atoms with Gasteiger partial charge in [-0.15, -0.1) is 11.8 Å². The number of hydrogen-bond donors (Lipinski definition) is 5. The SMILES string of the molecule is C[C@@H](CSc1ccccc1)Nc1ccc(S(=O)(=O)NC(=O)c2ccc(NCCNCc3ccccc3-c3ccccc3)cc2)cc1CC(O)CCC=O. The van der Waals surface area contributed by atoms with E-state index in [9.17, 15) is 23.1 Å². The molecule has 11 heteroatoms. The molecule has 276 valence electrons. The largest absolute Gasteiger partial charge is 0.393 e. The zero-order valence-corrected chi connectivity index (χ0v) is 31.3. The summed E-state index contributed by atoms with van der Waals surface area (Å²) < 4.78 is 29.0. The fraction of sp³-hybridized carbons (Fsp3) is 0.238. The highest BCUT2D eigenvalue weighted by Gasteiger charge is 2.22. The van der Waals surface area contributed by atoms with Crippen LogP contribution in [0.4, 0.5) is 11.4 Å². The maximum Gasteiger partial charge on any atom is 0.264 e. The van der Waals surface area contributed by atoms with Crippen molar-refractivity contribution in [3.05, 3.63) is 144 Å². The van der Waals surface area contributed by atoms with Gasteiger partial charge in [-0.05, 0) is 90.2 Å². The van der Waals surface area contributed by atoms with E-state index >= 15 is 0 Å². The molecule has 0 radical (unpaired) electrons. The third-order valence-electron chi connectivity index (χ3n) is 8.53. The van der Waals surface area contributed by atoms with Gasteiger partial charge >= 0.3 is 0 Å². The molecule has 0 saturated heterocycles. The molecule has 5 aromatic rings. The Morgan fingerprint density at radius 3 is 2.26 bits per heavy atom. The number of aldehydes is 1. The lowest BCUT2D eigenvalue weighted by molar-refractivity contribution is -0.108. The second-order valence-electron chi connectivity index (χ2n) is 12.7. The van der Waals surface area contributed by atoms with Crippen molar-refractivity contribution < 1.29 is 23.1 Å². The van der Waals surface area contributed by atoms with Gasteiger partial charge in [0.15, 0.2) is 0 Å². The number of hydrogen-bond acceptors (Lipinski definition) is 9. The van der Waals surface area contributed by atoms with Crippen molar-refractivity contribution in [3.8, 4) is 11.1 Å². The Kier molecular flexibility index (Phi) is 14.7. The van der Waals surface area contributed by atoms with Gasteiger partial charge in [-0.1, -0.05) is 72.8 Å². The second-order valence-corrected chi connectivity index (χ2v) is 15.5. The van der Waals surface area contributed by atoms with E-state index in [-0.39, 0.29) is 35.8 Å². The van der Waals surface area contributed by atoms with Crippen molar-refractivity contribution in [1.29, 1.82) is 0 Å². The zero-order chi connectivity index (χ0) is 37.5. The quantitative estimate of drug-likeness (QED) is 0.0319. The van der Waals surface area contributed by atoms with Crippen molar-refractivity contribution >= 4 is 45.4 Å². The van der Waals surface area contributed by atoms with E-state index in [1.807, 2.05) is 67.6 Å². The maximum absolute atomic E-state index is 13.4. The van der Waals surface area contributed by atoms with Gasteiger partial charge in [-0.2, -0.15) is 0 Å². The van der Waals surface area contributed by atoms with E-state index in [1.54, 1.807) is 42.1 Å². The topological polar surface area (TPSA) is 137 Å². The average molecular weight is 751 g/mol. The zero-order valence-electron chi connectivity index (χ0n) is 29.7. The molecule has 0 aromatic heterocycles. The lowest BCUT2D eigenvalue weighted by Crippen LogP contribution is -2.31. The number of aliphatic hydroxyl groups is 1. The lowest BCUT2D eigenvalue weighted by atomic mass is 10.00. The number of benzene rings is 5. The van der Waals surface area contributed by atoms with Crippen molar-refractivity contribution in [1.82, 2.24) is 10.0 Å². The van der Waals surface area contributed by atoms with Gasteiger partial charge in [0.2, 0.25) is 0 Å². The number of sulfonamides is 1. The van der Waals surface area contributed by atoms with E-state index in [1.165, 1.54) is 28.8 Å². The summed E-state index contributed by atoms with van der Waals surface area (Å²) in [6.45, 7) is 4.10. The first-order chi connectivity index (χ1) is 25.7. The molecule has 0 heterocycles. The highest BCUT2D eigenvalue weighted by Crippen LogP contribution is 2.26. The molecule has 1 amide bonds. The molecule has 5 N–H and O–H groups in total. The molecule has 53 heavy (non-hydrogen) atoms. The molecule has 5 rings (SSSR count). The molecule has 2 atom stereocenters. The van der Waals surface area contributed by atoms with E-state index in [0.717, 1.165) is 29.2 Å². The molecule has 0 saturated carbocycles. The van der Waals surface area contributed by atoms with Crippen LogP contribution in [-0.2, 0) is 27.8 Å². The van der Waals surface area contributed by atoms with Gasteiger partial charge in [0.1, 0.15) is 6.29 Å². The average Bonchev–Trinajstić information content (AvgIpc) is 3.17. The first kappa shape index (κ1) is 39.3. The minimum atomic E-state index is -4.24. The van der Waals surface area contributed by atoms with Crippen LogP contribution in [0.5, 0.6) is 0 Å². The standard InChI is InChI=1S/C42H46N4O5S2/c1-31(30-52-38-15-6-3-7-16-38)45-41-23-22-39(28-35(41)27-37(48)14-10-26-47)53(50,51)46-42(49)33-18-20-36(21-19-33)44-25-24-43-29-34-13-8-9-17-40(34)32-11-4-2-5-12-32/h2-9,11-13,15-23,26,28,31,37,43-45,48H,10,14,24-25,27,29-30H2,1H3,(H,46,49)/t31-,37?/m0/s1. The third-order valence-corrected chi connectivity index (χ3v) is 11.1. The number of rotatable bonds is 20. The summed E-state index contributed by atoms with van der Waals surface area (Å²) in [7, 11) is -4.24. The molecule has 0 aliphatic carbocycles. The van der Waals surface area contributed by atoms with Crippen LogP contribution in [0.3, 0.4) is 0 Å². The molecule has 0 spiro atoms. The van der Waals surface area contributed by atoms with E-state index in [4.69, 9.17) is 0 Å². The highest BCUT2D eigenvalue weighted by molar-refractivity contribution is 7.99.